The largest absolute Gasteiger partial charge is 0.469 e. The molecule has 0 radical (unpaired) electrons. The van der Waals surface area contributed by atoms with Gasteiger partial charge in [0.25, 0.3) is 0 Å². The summed E-state index contributed by atoms with van der Waals surface area (Å²) in [6.07, 6.45) is 3.01. The second-order valence-electron chi connectivity index (χ2n) is 4.64. The summed E-state index contributed by atoms with van der Waals surface area (Å²) in [5.41, 5.74) is 2.54. The molecule has 1 saturated carbocycles. The highest BCUT2D eigenvalue weighted by molar-refractivity contribution is 5.70. The SMILES string of the molecule is COC(=O)CC(c1cccc(C)c1)C1CC1. The summed E-state index contributed by atoms with van der Waals surface area (Å²) >= 11 is 0. The van der Waals surface area contributed by atoms with Gasteiger partial charge in [-0.2, -0.15) is 0 Å². The molecule has 0 saturated heterocycles. The molecule has 0 N–H and O–H groups in total. The standard InChI is InChI=1S/C14H18O2/c1-10-4-3-5-12(8-10)13(11-6-7-11)9-14(15)16-2/h3-5,8,11,13H,6-7,9H2,1-2H3. The van der Waals surface area contributed by atoms with Gasteiger partial charge in [0.15, 0.2) is 0 Å². The maximum Gasteiger partial charge on any atom is 0.306 e. The maximum atomic E-state index is 11.4. The molecule has 2 nitrogen and oxygen atoms in total. The Bertz CT molecular complexity index is 380. The van der Waals surface area contributed by atoms with E-state index in [-0.39, 0.29) is 5.97 Å². The molecule has 1 aromatic rings. The van der Waals surface area contributed by atoms with Crippen molar-refractivity contribution in [2.24, 2.45) is 5.92 Å². The zero-order valence-corrected chi connectivity index (χ0v) is 9.90. The van der Waals surface area contributed by atoms with Crippen LogP contribution in [0.2, 0.25) is 0 Å². The van der Waals surface area contributed by atoms with Crippen molar-refractivity contribution in [3.8, 4) is 0 Å². The number of carbonyl (C=O) groups excluding carboxylic acids is 1. The number of hydrogen-bond donors (Lipinski definition) is 0. The van der Waals surface area contributed by atoms with Crippen molar-refractivity contribution < 1.29 is 9.53 Å². The molecule has 1 fully saturated rings. The van der Waals surface area contributed by atoms with E-state index in [9.17, 15) is 4.79 Å². The van der Waals surface area contributed by atoms with E-state index in [2.05, 4.69) is 31.2 Å². The molecule has 1 atom stereocenters. The summed E-state index contributed by atoms with van der Waals surface area (Å²) in [7, 11) is 1.46. The second kappa shape index (κ2) is 4.69. The highest BCUT2D eigenvalue weighted by Gasteiger charge is 2.33. The first-order valence-corrected chi connectivity index (χ1v) is 5.84. The Morgan fingerprint density at radius 1 is 1.50 bits per heavy atom. The molecule has 1 aromatic carbocycles. The van der Waals surface area contributed by atoms with Gasteiger partial charge in [-0.15, -0.1) is 0 Å². The van der Waals surface area contributed by atoms with Crippen molar-refractivity contribution >= 4 is 5.97 Å². The van der Waals surface area contributed by atoms with E-state index in [1.165, 1.54) is 31.1 Å². The monoisotopic (exact) mass is 218 g/mol. The lowest BCUT2D eigenvalue weighted by Crippen LogP contribution is -2.10. The Kier molecular flexibility index (Phi) is 3.28. The molecule has 2 heteroatoms. The Balaban J connectivity index is 2.15. The Hall–Kier alpha value is -1.31. The summed E-state index contributed by atoms with van der Waals surface area (Å²) in [4.78, 5) is 11.4. The predicted molar refractivity (Wildman–Crippen MR) is 63.3 cm³/mol. The van der Waals surface area contributed by atoms with Crippen LogP contribution in [0.15, 0.2) is 24.3 Å². The summed E-state index contributed by atoms with van der Waals surface area (Å²) in [6.45, 7) is 2.09. The van der Waals surface area contributed by atoms with Gasteiger partial charge in [-0.05, 0) is 37.2 Å². The van der Waals surface area contributed by atoms with Crippen LogP contribution >= 0.6 is 0 Å². The van der Waals surface area contributed by atoms with E-state index in [0.29, 0.717) is 18.3 Å². The molecule has 1 unspecified atom stereocenters. The molecule has 1 aliphatic carbocycles. The first-order chi connectivity index (χ1) is 7.70. The van der Waals surface area contributed by atoms with Crippen molar-refractivity contribution in [1.29, 1.82) is 0 Å². The minimum absolute atomic E-state index is 0.0987. The molecule has 0 aliphatic heterocycles. The van der Waals surface area contributed by atoms with Gasteiger partial charge in [-0.3, -0.25) is 4.79 Å². The Morgan fingerprint density at radius 2 is 2.25 bits per heavy atom. The van der Waals surface area contributed by atoms with Gasteiger partial charge in [0.1, 0.15) is 0 Å². The van der Waals surface area contributed by atoms with Crippen LogP contribution in [-0.2, 0) is 9.53 Å². The molecule has 0 heterocycles. The van der Waals surface area contributed by atoms with Gasteiger partial charge in [0.05, 0.1) is 13.5 Å². The van der Waals surface area contributed by atoms with Crippen LogP contribution in [0.1, 0.15) is 36.3 Å². The third-order valence-corrected chi connectivity index (χ3v) is 3.28. The maximum absolute atomic E-state index is 11.4. The summed E-state index contributed by atoms with van der Waals surface area (Å²) in [6, 6.07) is 8.47. The smallest absolute Gasteiger partial charge is 0.306 e. The highest BCUT2D eigenvalue weighted by Crippen LogP contribution is 2.44. The van der Waals surface area contributed by atoms with Crippen LogP contribution in [0.4, 0.5) is 0 Å². The van der Waals surface area contributed by atoms with Crippen molar-refractivity contribution in [2.75, 3.05) is 7.11 Å². The van der Waals surface area contributed by atoms with Crippen LogP contribution < -0.4 is 0 Å². The molecular formula is C14H18O2. The van der Waals surface area contributed by atoms with E-state index < -0.39 is 0 Å². The number of benzene rings is 1. The zero-order chi connectivity index (χ0) is 11.5. The van der Waals surface area contributed by atoms with Gasteiger partial charge in [0.2, 0.25) is 0 Å². The second-order valence-corrected chi connectivity index (χ2v) is 4.64. The third kappa shape index (κ3) is 2.63. The number of aryl methyl sites for hydroxylation is 1. The quantitative estimate of drug-likeness (QED) is 0.726. The fourth-order valence-corrected chi connectivity index (χ4v) is 2.22. The Morgan fingerprint density at radius 3 is 2.81 bits per heavy atom. The lowest BCUT2D eigenvalue weighted by molar-refractivity contribution is -0.141. The minimum atomic E-state index is -0.0987. The molecule has 0 amide bonds. The van der Waals surface area contributed by atoms with Crippen LogP contribution in [0.5, 0.6) is 0 Å². The van der Waals surface area contributed by atoms with Crippen molar-refractivity contribution in [3.05, 3.63) is 35.4 Å². The highest BCUT2D eigenvalue weighted by atomic mass is 16.5. The lowest BCUT2D eigenvalue weighted by Gasteiger charge is -2.15. The Labute approximate surface area is 96.6 Å². The van der Waals surface area contributed by atoms with E-state index in [0.717, 1.165) is 0 Å². The summed E-state index contributed by atoms with van der Waals surface area (Å²) in [5.74, 6) is 0.937. The predicted octanol–water partition coefficient (Wildman–Crippen LogP) is 3.05. The normalized spacial score (nSPS) is 16.9. The van der Waals surface area contributed by atoms with E-state index in [4.69, 9.17) is 4.74 Å². The van der Waals surface area contributed by atoms with Gasteiger partial charge in [0, 0.05) is 0 Å². The average Bonchev–Trinajstić information content (AvgIpc) is 3.09. The average molecular weight is 218 g/mol. The van der Waals surface area contributed by atoms with Crippen LogP contribution in [0.25, 0.3) is 0 Å². The first kappa shape index (κ1) is 11.2. The number of carbonyl (C=O) groups is 1. The number of hydrogen-bond acceptors (Lipinski definition) is 2. The molecule has 86 valence electrons. The molecular weight excluding hydrogens is 200 g/mol. The van der Waals surface area contributed by atoms with Gasteiger partial charge in [-0.25, -0.2) is 0 Å². The van der Waals surface area contributed by atoms with Crippen molar-refractivity contribution in [2.45, 2.75) is 32.1 Å². The molecule has 0 bridgehead atoms. The number of methoxy groups -OCH3 is 1. The van der Waals surface area contributed by atoms with Gasteiger partial charge >= 0.3 is 5.97 Å². The molecule has 1 aliphatic rings. The van der Waals surface area contributed by atoms with Gasteiger partial charge in [-0.1, -0.05) is 29.8 Å². The van der Waals surface area contributed by atoms with Crippen molar-refractivity contribution in [3.63, 3.8) is 0 Å². The fourth-order valence-electron chi connectivity index (χ4n) is 2.22. The number of rotatable bonds is 4. The number of ether oxygens (including phenoxy) is 1. The minimum Gasteiger partial charge on any atom is -0.469 e. The van der Waals surface area contributed by atoms with Crippen LogP contribution in [0.3, 0.4) is 0 Å². The lowest BCUT2D eigenvalue weighted by atomic mass is 9.90. The molecule has 2 rings (SSSR count). The molecule has 0 spiro atoms. The fraction of sp³-hybridized carbons (Fsp3) is 0.500. The van der Waals surface area contributed by atoms with Crippen LogP contribution in [-0.4, -0.2) is 13.1 Å². The molecule has 16 heavy (non-hydrogen) atoms. The summed E-state index contributed by atoms with van der Waals surface area (Å²) in [5, 5.41) is 0. The van der Waals surface area contributed by atoms with E-state index in [1.54, 1.807) is 0 Å². The van der Waals surface area contributed by atoms with Crippen LogP contribution in [0, 0.1) is 12.8 Å². The third-order valence-electron chi connectivity index (χ3n) is 3.28. The zero-order valence-electron chi connectivity index (χ0n) is 9.90. The summed E-state index contributed by atoms with van der Waals surface area (Å²) < 4.78 is 4.77. The molecule has 0 aromatic heterocycles. The van der Waals surface area contributed by atoms with Crippen molar-refractivity contribution in [1.82, 2.24) is 0 Å². The topological polar surface area (TPSA) is 26.3 Å². The van der Waals surface area contributed by atoms with Gasteiger partial charge < -0.3 is 4.74 Å². The first-order valence-electron chi connectivity index (χ1n) is 5.84. The van der Waals surface area contributed by atoms with E-state index >= 15 is 0 Å². The van der Waals surface area contributed by atoms with E-state index in [1.807, 2.05) is 0 Å². The number of esters is 1.